The Morgan fingerprint density at radius 3 is 0.844 bits per heavy atom. The van der Waals surface area contributed by atoms with Crippen LogP contribution in [0.5, 0.6) is 0 Å². The Morgan fingerprint density at radius 2 is 0.506 bits per heavy atom. The fraction of sp³-hybridized carbons (Fsp3) is 0.563. The van der Waals surface area contributed by atoms with Gasteiger partial charge in [-0.2, -0.15) is 0 Å². The van der Waals surface area contributed by atoms with Crippen LogP contribution >= 0.6 is 0 Å². The summed E-state index contributed by atoms with van der Waals surface area (Å²) in [5, 5.41) is 0. The summed E-state index contributed by atoms with van der Waals surface area (Å²) >= 11 is 0. The summed E-state index contributed by atoms with van der Waals surface area (Å²) in [6.07, 6.45) is 93.5. The lowest BCUT2D eigenvalue weighted by Crippen LogP contribution is -2.30. The van der Waals surface area contributed by atoms with Crippen LogP contribution in [0.15, 0.2) is 170 Å². The van der Waals surface area contributed by atoms with Crippen LogP contribution in [0.3, 0.4) is 0 Å². The zero-order chi connectivity index (χ0) is 55.7. The number of hydrogen-bond donors (Lipinski definition) is 0. The van der Waals surface area contributed by atoms with Gasteiger partial charge in [0.2, 0.25) is 0 Å². The van der Waals surface area contributed by atoms with Crippen molar-refractivity contribution in [2.45, 2.75) is 245 Å². The predicted molar refractivity (Wildman–Crippen MR) is 334 cm³/mol. The fourth-order valence-electron chi connectivity index (χ4n) is 7.65. The van der Waals surface area contributed by atoms with Crippen molar-refractivity contribution in [2.24, 2.45) is 0 Å². The largest absolute Gasteiger partial charge is 0.462 e. The van der Waals surface area contributed by atoms with E-state index in [9.17, 15) is 14.4 Å². The van der Waals surface area contributed by atoms with Gasteiger partial charge in [-0.25, -0.2) is 0 Å². The summed E-state index contributed by atoms with van der Waals surface area (Å²) in [6, 6.07) is 0. The number of esters is 3. The minimum absolute atomic E-state index is 0.119. The van der Waals surface area contributed by atoms with Gasteiger partial charge in [-0.1, -0.05) is 236 Å². The Balaban J connectivity index is 4.54. The topological polar surface area (TPSA) is 78.9 Å². The lowest BCUT2D eigenvalue weighted by Gasteiger charge is -2.18. The first-order valence-corrected chi connectivity index (χ1v) is 30.6. The molecule has 0 aromatic heterocycles. The number of rotatable bonds is 53. The maximum atomic E-state index is 12.9. The third-order valence-corrected chi connectivity index (χ3v) is 12.2. The Labute approximate surface area is 472 Å². The Hall–Kier alpha value is -5.23. The molecule has 0 heterocycles. The molecule has 0 saturated carbocycles. The van der Waals surface area contributed by atoms with Gasteiger partial charge in [-0.15, -0.1) is 0 Å². The first kappa shape index (κ1) is 71.8. The van der Waals surface area contributed by atoms with E-state index in [1.807, 2.05) is 0 Å². The average Bonchev–Trinajstić information content (AvgIpc) is 3.43. The van der Waals surface area contributed by atoms with Gasteiger partial charge in [0.15, 0.2) is 6.10 Å². The molecule has 0 amide bonds. The molecule has 6 heteroatoms. The summed E-state index contributed by atoms with van der Waals surface area (Å²) in [5.41, 5.74) is 0. The molecule has 430 valence electrons. The maximum Gasteiger partial charge on any atom is 0.306 e. The van der Waals surface area contributed by atoms with Crippen LogP contribution in [-0.4, -0.2) is 37.2 Å². The van der Waals surface area contributed by atoms with Crippen LogP contribution in [0.2, 0.25) is 0 Å². The van der Waals surface area contributed by atoms with E-state index in [1.165, 1.54) is 38.5 Å². The highest BCUT2D eigenvalue weighted by Gasteiger charge is 2.19. The molecule has 0 spiro atoms. The van der Waals surface area contributed by atoms with Gasteiger partial charge in [-0.05, 0) is 154 Å². The molecular formula is C71H110O6. The third-order valence-electron chi connectivity index (χ3n) is 12.2. The van der Waals surface area contributed by atoms with Gasteiger partial charge in [0.25, 0.3) is 0 Å². The Morgan fingerprint density at radius 1 is 0.273 bits per heavy atom. The molecule has 0 fully saturated rings. The minimum atomic E-state index is -0.829. The lowest BCUT2D eigenvalue weighted by molar-refractivity contribution is -0.167. The number of carbonyl (C=O) groups is 3. The summed E-state index contributed by atoms with van der Waals surface area (Å²) in [6.45, 7) is 6.31. The number of allylic oxidation sites excluding steroid dienone is 28. The van der Waals surface area contributed by atoms with Crippen molar-refractivity contribution in [2.75, 3.05) is 13.2 Å². The van der Waals surface area contributed by atoms with Gasteiger partial charge >= 0.3 is 17.9 Å². The zero-order valence-corrected chi connectivity index (χ0v) is 49.1. The zero-order valence-electron chi connectivity index (χ0n) is 49.1. The fourth-order valence-corrected chi connectivity index (χ4v) is 7.65. The van der Waals surface area contributed by atoms with E-state index in [4.69, 9.17) is 14.2 Å². The molecule has 0 aliphatic rings. The SMILES string of the molecule is CC/C=C\C/C=C\C/C=C\C/C=C\C/C=C\C/C=C\C/C=C\CCCCCC(=O)OCC(COC(=O)CCCCCCC/C=C\CCCCCC)OC(=O)CCCC/C=C\C/C=C\C/C=C\C/C=C\C/C=C\C/C=C\CC. The van der Waals surface area contributed by atoms with Crippen LogP contribution in [0.4, 0.5) is 0 Å². The molecule has 0 aromatic carbocycles. The van der Waals surface area contributed by atoms with Crippen LogP contribution in [0, 0.1) is 0 Å². The van der Waals surface area contributed by atoms with Crippen molar-refractivity contribution in [3.05, 3.63) is 170 Å². The molecular weight excluding hydrogens is 949 g/mol. The van der Waals surface area contributed by atoms with Gasteiger partial charge < -0.3 is 14.2 Å². The van der Waals surface area contributed by atoms with Gasteiger partial charge in [-0.3, -0.25) is 14.4 Å². The second kappa shape index (κ2) is 63.3. The molecule has 6 nitrogen and oxygen atoms in total. The molecule has 1 atom stereocenters. The number of hydrogen-bond acceptors (Lipinski definition) is 6. The average molecular weight is 1060 g/mol. The van der Waals surface area contributed by atoms with Crippen molar-refractivity contribution >= 4 is 17.9 Å². The van der Waals surface area contributed by atoms with Crippen molar-refractivity contribution in [3.63, 3.8) is 0 Å². The van der Waals surface area contributed by atoms with E-state index >= 15 is 0 Å². The van der Waals surface area contributed by atoms with Gasteiger partial charge in [0.05, 0.1) is 0 Å². The van der Waals surface area contributed by atoms with Gasteiger partial charge in [0.1, 0.15) is 13.2 Å². The van der Waals surface area contributed by atoms with Crippen molar-refractivity contribution in [3.8, 4) is 0 Å². The highest BCUT2D eigenvalue weighted by Crippen LogP contribution is 2.12. The summed E-state index contributed by atoms with van der Waals surface area (Å²) in [7, 11) is 0. The molecule has 0 saturated heterocycles. The van der Waals surface area contributed by atoms with E-state index in [1.54, 1.807) is 0 Å². The smallest absolute Gasteiger partial charge is 0.306 e. The Bertz CT molecular complexity index is 1790. The molecule has 0 radical (unpaired) electrons. The standard InChI is InChI=1S/C71H110O6/c1-4-7-10-13-16-19-22-25-27-29-31-33-34-35-36-38-39-41-43-46-49-52-55-58-61-64-70(73)76-67-68(66-75-69(72)63-60-57-54-51-48-45-24-21-18-15-12-9-6-3)77-71(74)65-62-59-56-53-50-47-44-42-40-37-32-30-28-26-23-20-17-14-11-8-5-2/h7-8,10-11,16-17,19-21,24-28,31-33,35-37,39,41-42,44,46,49-50,53,68H,4-6,9,12-15,18,22-23,29-30,34,38,40,43,45,47-48,51-52,54-67H2,1-3H3/b10-7-,11-8-,19-16-,20-17-,24-21-,27-25-,28-26-,33-31-,36-35-,37-32-,41-39-,44-42-,49-46-,53-50-. The van der Waals surface area contributed by atoms with E-state index < -0.39 is 6.10 Å². The van der Waals surface area contributed by atoms with Crippen molar-refractivity contribution in [1.82, 2.24) is 0 Å². The van der Waals surface area contributed by atoms with E-state index in [0.717, 1.165) is 154 Å². The summed E-state index contributed by atoms with van der Waals surface area (Å²) in [4.78, 5) is 38.2. The van der Waals surface area contributed by atoms with Gasteiger partial charge in [0, 0.05) is 19.3 Å². The van der Waals surface area contributed by atoms with Crippen LogP contribution < -0.4 is 0 Å². The minimum Gasteiger partial charge on any atom is -0.462 e. The summed E-state index contributed by atoms with van der Waals surface area (Å²) < 4.78 is 16.8. The van der Waals surface area contributed by atoms with E-state index in [0.29, 0.717) is 19.3 Å². The molecule has 1 unspecified atom stereocenters. The van der Waals surface area contributed by atoms with E-state index in [-0.39, 0.29) is 37.5 Å². The molecule has 0 rings (SSSR count). The predicted octanol–water partition coefficient (Wildman–Crippen LogP) is 21.1. The quantitative estimate of drug-likeness (QED) is 0.0261. The first-order valence-electron chi connectivity index (χ1n) is 30.6. The molecule has 0 aliphatic heterocycles. The maximum absolute atomic E-state index is 12.9. The number of ether oxygens (including phenoxy) is 3. The highest BCUT2D eigenvalue weighted by atomic mass is 16.6. The number of carbonyl (C=O) groups excluding carboxylic acids is 3. The third kappa shape index (κ3) is 61.5. The second-order valence-corrected chi connectivity index (χ2v) is 19.5. The lowest BCUT2D eigenvalue weighted by atomic mass is 10.1. The first-order chi connectivity index (χ1) is 38.0. The van der Waals surface area contributed by atoms with Crippen molar-refractivity contribution in [1.29, 1.82) is 0 Å². The highest BCUT2D eigenvalue weighted by molar-refractivity contribution is 5.71. The second-order valence-electron chi connectivity index (χ2n) is 19.5. The Kier molecular flexibility index (Phi) is 59.0. The molecule has 77 heavy (non-hydrogen) atoms. The molecule has 0 aliphatic carbocycles. The molecule has 0 N–H and O–H groups in total. The molecule has 0 bridgehead atoms. The van der Waals surface area contributed by atoms with E-state index in [2.05, 4.69) is 191 Å². The molecule has 0 aromatic rings. The van der Waals surface area contributed by atoms with Crippen LogP contribution in [-0.2, 0) is 28.6 Å². The summed E-state index contributed by atoms with van der Waals surface area (Å²) in [5.74, 6) is -1.01. The monoisotopic (exact) mass is 1060 g/mol. The normalized spacial score (nSPS) is 13.3. The van der Waals surface area contributed by atoms with Crippen LogP contribution in [0.25, 0.3) is 0 Å². The van der Waals surface area contributed by atoms with Crippen LogP contribution in [0.1, 0.15) is 239 Å². The van der Waals surface area contributed by atoms with Crippen molar-refractivity contribution < 1.29 is 28.6 Å². The number of unbranched alkanes of at least 4 members (excludes halogenated alkanes) is 14.